The Morgan fingerprint density at radius 2 is 1.78 bits per heavy atom. The molecule has 3 heteroatoms. The fourth-order valence-corrected chi connectivity index (χ4v) is 4.69. The molecule has 3 saturated heterocycles. The summed E-state index contributed by atoms with van der Waals surface area (Å²) in [5, 5.41) is 10.8. The summed E-state index contributed by atoms with van der Waals surface area (Å²) in [5.74, 6) is 0.297. The van der Waals surface area contributed by atoms with Crippen LogP contribution in [0.25, 0.3) is 0 Å². The van der Waals surface area contributed by atoms with E-state index in [1.807, 2.05) is 0 Å². The van der Waals surface area contributed by atoms with Crippen LogP contribution < -0.4 is 0 Å². The first-order valence-corrected chi connectivity index (χ1v) is 7.56. The van der Waals surface area contributed by atoms with Crippen molar-refractivity contribution >= 4 is 0 Å². The standard InChI is InChI=1S/C15H27NO2/c1-14(2)11-7-8-15(3,18-14)13(12(11)17)16-9-5-4-6-10-16/h11-13,17H,4-10H2,1-3H3/t11-,12+,13+,15+/m0/s1. The third-order valence-corrected chi connectivity index (χ3v) is 5.49. The molecule has 3 nitrogen and oxygen atoms in total. The summed E-state index contributed by atoms with van der Waals surface area (Å²) in [6, 6.07) is 0.213. The van der Waals surface area contributed by atoms with Crippen molar-refractivity contribution in [3.05, 3.63) is 0 Å². The van der Waals surface area contributed by atoms with Crippen molar-refractivity contribution in [2.45, 2.75) is 76.2 Å². The molecule has 1 aliphatic carbocycles. The molecule has 0 amide bonds. The number of likely N-dealkylation sites (tertiary alicyclic amines) is 1. The molecule has 18 heavy (non-hydrogen) atoms. The average Bonchev–Trinajstić information content (AvgIpc) is 2.27. The highest BCUT2D eigenvalue weighted by molar-refractivity contribution is 5.11. The second-order valence-corrected chi connectivity index (χ2v) is 7.20. The molecule has 1 saturated carbocycles. The Labute approximate surface area is 110 Å². The van der Waals surface area contributed by atoms with Crippen LogP contribution in [0.15, 0.2) is 0 Å². The molecule has 0 aromatic heterocycles. The lowest BCUT2D eigenvalue weighted by atomic mass is 9.63. The van der Waals surface area contributed by atoms with Crippen LogP contribution >= 0.6 is 0 Å². The van der Waals surface area contributed by atoms with Crippen molar-refractivity contribution in [3.8, 4) is 0 Å². The molecular formula is C15H27NO2. The first-order chi connectivity index (χ1) is 8.44. The lowest BCUT2D eigenvalue weighted by molar-refractivity contribution is -0.296. The topological polar surface area (TPSA) is 32.7 Å². The molecule has 1 N–H and O–H groups in total. The Bertz CT molecular complexity index is 324. The molecular weight excluding hydrogens is 226 g/mol. The predicted octanol–water partition coefficient (Wildman–Crippen LogP) is 2.18. The number of piperidine rings is 1. The van der Waals surface area contributed by atoms with Crippen molar-refractivity contribution < 1.29 is 9.84 Å². The van der Waals surface area contributed by atoms with E-state index in [0.717, 1.165) is 25.9 Å². The summed E-state index contributed by atoms with van der Waals surface area (Å²) in [4.78, 5) is 2.50. The molecule has 2 bridgehead atoms. The van der Waals surface area contributed by atoms with Crippen LogP contribution in [0.1, 0.15) is 52.9 Å². The molecule has 104 valence electrons. The van der Waals surface area contributed by atoms with Crippen LogP contribution in [0.4, 0.5) is 0 Å². The minimum atomic E-state index is -0.217. The summed E-state index contributed by atoms with van der Waals surface area (Å²) in [5.41, 5.74) is -0.326. The zero-order valence-electron chi connectivity index (χ0n) is 12.0. The Morgan fingerprint density at radius 3 is 2.33 bits per heavy atom. The van der Waals surface area contributed by atoms with Gasteiger partial charge in [-0.1, -0.05) is 6.42 Å². The smallest absolute Gasteiger partial charge is 0.0841 e. The van der Waals surface area contributed by atoms with E-state index in [2.05, 4.69) is 25.7 Å². The van der Waals surface area contributed by atoms with E-state index >= 15 is 0 Å². The van der Waals surface area contributed by atoms with E-state index in [1.165, 1.54) is 19.3 Å². The van der Waals surface area contributed by atoms with Crippen molar-refractivity contribution in [2.24, 2.45) is 5.92 Å². The summed E-state index contributed by atoms with van der Waals surface area (Å²) >= 11 is 0. The molecule has 0 aromatic carbocycles. The number of nitrogens with zero attached hydrogens (tertiary/aromatic N) is 1. The third kappa shape index (κ3) is 1.83. The van der Waals surface area contributed by atoms with Crippen LogP contribution in [0.3, 0.4) is 0 Å². The van der Waals surface area contributed by atoms with Gasteiger partial charge in [-0.2, -0.15) is 0 Å². The summed E-state index contributed by atoms with van der Waals surface area (Å²) in [6.07, 6.45) is 5.87. The van der Waals surface area contributed by atoms with Crippen molar-refractivity contribution in [3.63, 3.8) is 0 Å². The van der Waals surface area contributed by atoms with Crippen LogP contribution in [0.5, 0.6) is 0 Å². The Morgan fingerprint density at radius 1 is 1.11 bits per heavy atom. The molecule has 0 unspecified atom stereocenters. The van der Waals surface area contributed by atoms with Gasteiger partial charge in [-0.3, -0.25) is 4.90 Å². The van der Waals surface area contributed by atoms with Gasteiger partial charge in [-0.15, -0.1) is 0 Å². The van der Waals surface area contributed by atoms with Gasteiger partial charge in [0.25, 0.3) is 0 Å². The van der Waals surface area contributed by atoms with Crippen molar-refractivity contribution in [1.29, 1.82) is 0 Å². The van der Waals surface area contributed by atoms with Gasteiger partial charge < -0.3 is 9.84 Å². The minimum absolute atomic E-state index is 0.158. The predicted molar refractivity (Wildman–Crippen MR) is 71.5 cm³/mol. The molecule has 3 heterocycles. The Kier molecular flexibility index (Phi) is 3.00. The largest absolute Gasteiger partial charge is 0.391 e. The van der Waals surface area contributed by atoms with E-state index in [4.69, 9.17) is 4.74 Å². The highest BCUT2D eigenvalue weighted by Gasteiger charge is 2.60. The van der Waals surface area contributed by atoms with Crippen LogP contribution in [-0.4, -0.2) is 46.4 Å². The van der Waals surface area contributed by atoms with Gasteiger partial charge in [0.05, 0.1) is 23.3 Å². The molecule has 0 aromatic rings. The third-order valence-electron chi connectivity index (χ3n) is 5.49. The molecule has 0 spiro atoms. The molecule has 3 aliphatic heterocycles. The number of aliphatic hydroxyl groups excluding tert-OH is 1. The lowest BCUT2D eigenvalue weighted by Gasteiger charge is -2.62. The Balaban J connectivity index is 1.87. The lowest BCUT2D eigenvalue weighted by Crippen LogP contribution is -2.72. The van der Waals surface area contributed by atoms with E-state index < -0.39 is 0 Å². The quantitative estimate of drug-likeness (QED) is 0.777. The van der Waals surface area contributed by atoms with Crippen LogP contribution in [0, 0.1) is 5.92 Å². The maximum absolute atomic E-state index is 10.8. The zero-order chi connectivity index (χ0) is 13.0. The first-order valence-electron chi connectivity index (χ1n) is 7.56. The molecule has 4 aliphatic rings. The Hall–Kier alpha value is -0.120. The van der Waals surface area contributed by atoms with Crippen LogP contribution in [0.2, 0.25) is 0 Å². The monoisotopic (exact) mass is 253 g/mol. The van der Waals surface area contributed by atoms with E-state index in [9.17, 15) is 5.11 Å². The van der Waals surface area contributed by atoms with Crippen molar-refractivity contribution in [2.75, 3.05) is 13.1 Å². The second kappa shape index (κ2) is 4.19. The first kappa shape index (κ1) is 12.9. The number of hydrogen-bond acceptors (Lipinski definition) is 3. The van der Waals surface area contributed by atoms with Gasteiger partial charge in [-0.05, 0) is 59.5 Å². The van der Waals surface area contributed by atoms with Gasteiger partial charge in [-0.25, -0.2) is 0 Å². The van der Waals surface area contributed by atoms with Gasteiger partial charge >= 0.3 is 0 Å². The number of ether oxygens (including phenoxy) is 1. The normalized spacial score (nSPS) is 48.3. The maximum atomic E-state index is 10.8. The highest BCUT2D eigenvalue weighted by Crippen LogP contribution is 2.51. The number of fused-ring (bicyclic) bond motifs is 3. The molecule has 4 atom stereocenters. The fraction of sp³-hybridized carbons (Fsp3) is 1.00. The second-order valence-electron chi connectivity index (χ2n) is 7.20. The van der Waals surface area contributed by atoms with Gasteiger partial charge in [0.2, 0.25) is 0 Å². The summed E-state index contributed by atoms with van der Waals surface area (Å²) < 4.78 is 6.39. The van der Waals surface area contributed by atoms with E-state index in [1.54, 1.807) is 0 Å². The van der Waals surface area contributed by atoms with E-state index in [0.29, 0.717) is 5.92 Å². The number of rotatable bonds is 1. The van der Waals surface area contributed by atoms with Crippen LogP contribution in [-0.2, 0) is 4.74 Å². The van der Waals surface area contributed by atoms with Gasteiger partial charge in [0.1, 0.15) is 0 Å². The van der Waals surface area contributed by atoms with E-state index in [-0.39, 0.29) is 23.3 Å². The van der Waals surface area contributed by atoms with Gasteiger partial charge in [0.15, 0.2) is 0 Å². The molecule has 4 rings (SSSR count). The average molecular weight is 253 g/mol. The SMILES string of the molecule is CC1(C)O[C@]2(C)CC[C@H]1[C@@H](O)[C@H]2N1CCCCC1. The van der Waals surface area contributed by atoms with Crippen molar-refractivity contribution in [1.82, 2.24) is 4.90 Å². The summed E-state index contributed by atoms with van der Waals surface area (Å²) in [7, 11) is 0. The number of aliphatic hydroxyl groups is 1. The maximum Gasteiger partial charge on any atom is 0.0841 e. The minimum Gasteiger partial charge on any atom is -0.391 e. The molecule has 0 radical (unpaired) electrons. The van der Waals surface area contributed by atoms with Gasteiger partial charge in [0, 0.05) is 5.92 Å². The number of hydrogen-bond donors (Lipinski definition) is 1. The molecule has 4 fully saturated rings. The zero-order valence-corrected chi connectivity index (χ0v) is 12.0. The highest BCUT2D eigenvalue weighted by atomic mass is 16.5. The summed E-state index contributed by atoms with van der Waals surface area (Å²) in [6.45, 7) is 8.77. The fourth-order valence-electron chi connectivity index (χ4n) is 4.69.